The number of benzene rings is 1. The van der Waals surface area contributed by atoms with Crippen molar-refractivity contribution < 1.29 is 19.4 Å². The highest BCUT2D eigenvalue weighted by atomic mass is 35.5. The van der Waals surface area contributed by atoms with E-state index in [1.165, 1.54) is 0 Å². The Balaban J connectivity index is 1.82. The molecule has 1 aromatic rings. The zero-order chi connectivity index (χ0) is 14.1. The average molecular weight is 298 g/mol. The van der Waals surface area contributed by atoms with Crippen LogP contribution in [-0.4, -0.2) is 42.4 Å². The second-order valence-electron chi connectivity index (χ2n) is 5.13. The second kappa shape index (κ2) is 5.50. The van der Waals surface area contributed by atoms with E-state index in [0.29, 0.717) is 35.2 Å². The average Bonchev–Trinajstić information content (AvgIpc) is 2.95. The number of likely N-dealkylation sites (tertiary alicyclic amines) is 1. The van der Waals surface area contributed by atoms with Gasteiger partial charge in [0.25, 0.3) is 5.91 Å². The fourth-order valence-corrected chi connectivity index (χ4v) is 2.94. The molecule has 3 rings (SSSR count). The van der Waals surface area contributed by atoms with Crippen LogP contribution in [0.3, 0.4) is 0 Å². The van der Waals surface area contributed by atoms with E-state index >= 15 is 0 Å². The topological polar surface area (TPSA) is 59.0 Å². The first-order valence-corrected chi connectivity index (χ1v) is 7.06. The molecule has 2 aliphatic rings. The molecule has 1 atom stereocenters. The molecule has 0 saturated carbocycles. The van der Waals surface area contributed by atoms with E-state index in [1.807, 2.05) is 0 Å². The minimum atomic E-state index is -0.0802. The highest BCUT2D eigenvalue weighted by Gasteiger charge is 2.26. The minimum Gasteiger partial charge on any atom is -0.454 e. The molecule has 108 valence electrons. The van der Waals surface area contributed by atoms with Gasteiger partial charge in [-0.2, -0.15) is 0 Å². The quantitative estimate of drug-likeness (QED) is 0.906. The Bertz CT molecular complexity index is 534. The summed E-state index contributed by atoms with van der Waals surface area (Å²) < 4.78 is 10.5. The summed E-state index contributed by atoms with van der Waals surface area (Å²) >= 11 is 6.10. The summed E-state index contributed by atoms with van der Waals surface area (Å²) in [5, 5.41) is 9.62. The number of piperidine rings is 1. The molecular formula is C14H16ClNO4. The summed E-state index contributed by atoms with van der Waals surface area (Å²) in [6.45, 7) is 1.54. The lowest BCUT2D eigenvalue weighted by molar-refractivity contribution is 0.0620. The number of aliphatic hydroxyl groups excluding tert-OH is 1. The SMILES string of the molecule is O=C(c1cc(Cl)c2c(c1)OCO2)N1CCCC(CO)C1. The van der Waals surface area contributed by atoms with Crippen molar-refractivity contribution in [1.82, 2.24) is 4.90 Å². The third kappa shape index (κ3) is 2.43. The maximum absolute atomic E-state index is 12.5. The molecule has 0 radical (unpaired) electrons. The monoisotopic (exact) mass is 297 g/mol. The van der Waals surface area contributed by atoms with Crippen LogP contribution in [0.15, 0.2) is 12.1 Å². The number of rotatable bonds is 2. The number of ether oxygens (including phenoxy) is 2. The molecule has 0 aliphatic carbocycles. The lowest BCUT2D eigenvalue weighted by Gasteiger charge is -2.32. The van der Waals surface area contributed by atoms with Gasteiger partial charge in [0.1, 0.15) is 0 Å². The summed E-state index contributed by atoms with van der Waals surface area (Å²) in [5.41, 5.74) is 0.498. The van der Waals surface area contributed by atoms with Gasteiger partial charge in [-0.15, -0.1) is 0 Å². The first-order chi connectivity index (χ1) is 9.69. The van der Waals surface area contributed by atoms with Crippen LogP contribution in [0.1, 0.15) is 23.2 Å². The number of nitrogens with zero attached hydrogens (tertiary/aromatic N) is 1. The predicted octanol–water partition coefficient (Wildman–Crippen LogP) is 1.91. The smallest absolute Gasteiger partial charge is 0.254 e. The van der Waals surface area contributed by atoms with Crippen molar-refractivity contribution in [3.8, 4) is 11.5 Å². The van der Waals surface area contributed by atoms with E-state index in [-0.39, 0.29) is 25.2 Å². The number of carbonyl (C=O) groups is 1. The number of aliphatic hydroxyl groups is 1. The molecule has 6 heteroatoms. The van der Waals surface area contributed by atoms with Gasteiger partial charge in [-0.25, -0.2) is 0 Å². The fraction of sp³-hybridized carbons (Fsp3) is 0.500. The zero-order valence-electron chi connectivity index (χ0n) is 11.0. The first-order valence-electron chi connectivity index (χ1n) is 6.68. The van der Waals surface area contributed by atoms with Gasteiger partial charge in [-0.3, -0.25) is 4.79 Å². The Kier molecular flexibility index (Phi) is 3.72. The fourth-order valence-electron chi connectivity index (χ4n) is 2.67. The largest absolute Gasteiger partial charge is 0.454 e. The first kappa shape index (κ1) is 13.5. The molecule has 0 aromatic heterocycles. The summed E-state index contributed by atoms with van der Waals surface area (Å²) in [6, 6.07) is 3.28. The molecule has 1 amide bonds. The Labute approximate surface area is 122 Å². The van der Waals surface area contributed by atoms with E-state index in [0.717, 1.165) is 12.8 Å². The van der Waals surface area contributed by atoms with Crippen LogP contribution in [0.4, 0.5) is 0 Å². The zero-order valence-corrected chi connectivity index (χ0v) is 11.7. The lowest BCUT2D eigenvalue weighted by Crippen LogP contribution is -2.40. The van der Waals surface area contributed by atoms with Crippen LogP contribution >= 0.6 is 11.6 Å². The van der Waals surface area contributed by atoms with E-state index in [1.54, 1.807) is 17.0 Å². The number of halogens is 1. The number of carbonyl (C=O) groups excluding carboxylic acids is 1. The Morgan fingerprint density at radius 1 is 1.45 bits per heavy atom. The van der Waals surface area contributed by atoms with Crippen molar-refractivity contribution in [2.45, 2.75) is 12.8 Å². The Morgan fingerprint density at radius 2 is 2.30 bits per heavy atom. The van der Waals surface area contributed by atoms with Crippen LogP contribution in [0.5, 0.6) is 11.5 Å². The normalized spacial score (nSPS) is 21.1. The molecule has 1 unspecified atom stereocenters. The summed E-state index contributed by atoms with van der Waals surface area (Å²) in [6.07, 6.45) is 1.87. The Hall–Kier alpha value is -1.46. The van der Waals surface area contributed by atoms with Gasteiger partial charge in [-0.05, 0) is 30.9 Å². The molecule has 2 heterocycles. The van der Waals surface area contributed by atoms with Gasteiger partial charge in [0.05, 0.1) is 5.02 Å². The van der Waals surface area contributed by atoms with Crippen LogP contribution in [0.2, 0.25) is 5.02 Å². The van der Waals surface area contributed by atoms with Gasteiger partial charge in [0.2, 0.25) is 6.79 Å². The van der Waals surface area contributed by atoms with Crippen molar-refractivity contribution in [2.75, 3.05) is 26.5 Å². The molecular weight excluding hydrogens is 282 g/mol. The van der Waals surface area contributed by atoms with Crippen molar-refractivity contribution in [3.05, 3.63) is 22.7 Å². The van der Waals surface area contributed by atoms with Gasteiger partial charge < -0.3 is 19.5 Å². The van der Waals surface area contributed by atoms with E-state index in [2.05, 4.69) is 0 Å². The van der Waals surface area contributed by atoms with Gasteiger partial charge in [-0.1, -0.05) is 11.6 Å². The minimum absolute atomic E-state index is 0.0802. The van der Waals surface area contributed by atoms with E-state index < -0.39 is 0 Å². The van der Waals surface area contributed by atoms with Crippen LogP contribution < -0.4 is 9.47 Å². The van der Waals surface area contributed by atoms with Crippen LogP contribution in [0, 0.1) is 5.92 Å². The van der Waals surface area contributed by atoms with Crippen molar-refractivity contribution >= 4 is 17.5 Å². The van der Waals surface area contributed by atoms with Gasteiger partial charge in [0.15, 0.2) is 11.5 Å². The van der Waals surface area contributed by atoms with Crippen LogP contribution in [-0.2, 0) is 0 Å². The predicted molar refractivity (Wildman–Crippen MR) is 73.3 cm³/mol. The highest BCUT2D eigenvalue weighted by molar-refractivity contribution is 6.32. The van der Waals surface area contributed by atoms with E-state index in [9.17, 15) is 9.90 Å². The van der Waals surface area contributed by atoms with Gasteiger partial charge >= 0.3 is 0 Å². The lowest BCUT2D eigenvalue weighted by atomic mass is 9.98. The molecule has 2 aliphatic heterocycles. The van der Waals surface area contributed by atoms with E-state index in [4.69, 9.17) is 21.1 Å². The molecule has 0 bridgehead atoms. The molecule has 5 nitrogen and oxygen atoms in total. The number of hydrogen-bond donors (Lipinski definition) is 1. The second-order valence-corrected chi connectivity index (χ2v) is 5.54. The maximum Gasteiger partial charge on any atom is 0.254 e. The number of fused-ring (bicyclic) bond motifs is 1. The van der Waals surface area contributed by atoms with Crippen LogP contribution in [0.25, 0.3) is 0 Å². The molecule has 0 spiro atoms. The third-order valence-corrected chi connectivity index (χ3v) is 4.02. The number of amides is 1. The maximum atomic E-state index is 12.5. The van der Waals surface area contributed by atoms with Crippen molar-refractivity contribution in [2.24, 2.45) is 5.92 Å². The third-order valence-electron chi connectivity index (χ3n) is 3.74. The highest BCUT2D eigenvalue weighted by Crippen LogP contribution is 2.40. The Morgan fingerprint density at radius 3 is 3.10 bits per heavy atom. The molecule has 1 N–H and O–H groups in total. The van der Waals surface area contributed by atoms with Crippen molar-refractivity contribution in [3.63, 3.8) is 0 Å². The van der Waals surface area contributed by atoms with Crippen molar-refractivity contribution in [1.29, 1.82) is 0 Å². The standard InChI is InChI=1S/C14H16ClNO4/c15-11-4-10(5-12-13(11)20-8-19-12)14(18)16-3-1-2-9(6-16)7-17/h4-5,9,17H,1-3,6-8H2. The number of hydrogen-bond acceptors (Lipinski definition) is 4. The molecule has 1 aromatic carbocycles. The molecule has 20 heavy (non-hydrogen) atoms. The molecule has 1 fully saturated rings. The summed E-state index contributed by atoms with van der Waals surface area (Å²) in [4.78, 5) is 14.3. The van der Waals surface area contributed by atoms with Gasteiger partial charge in [0, 0.05) is 25.3 Å². The summed E-state index contributed by atoms with van der Waals surface area (Å²) in [7, 11) is 0. The molecule has 1 saturated heterocycles. The summed E-state index contributed by atoms with van der Waals surface area (Å²) in [5.74, 6) is 1.09.